The smallest absolute Gasteiger partial charge is 0.251 e. The summed E-state index contributed by atoms with van der Waals surface area (Å²) in [5.41, 5.74) is 6.70. The van der Waals surface area contributed by atoms with Crippen LogP contribution >= 0.6 is 0 Å². The van der Waals surface area contributed by atoms with Crippen LogP contribution in [-0.4, -0.2) is 25.7 Å². The standard InChI is InChI=1S/C26H29N3O/c1-18-13-15-29-25(23-14-16-28-24-6-4-3-5-22(23)24)17-21(18)12-9-19-7-10-20(11-8-19)26(30)27-2/h3-8,10-11,14-15,17-18,21,28H,9,12-13,16H2,1-2H3,(H,27,30). The number of nitrogens with zero attached hydrogens (tertiary/aromatic N) is 1. The summed E-state index contributed by atoms with van der Waals surface area (Å²) in [6.45, 7) is 3.15. The lowest BCUT2D eigenvalue weighted by molar-refractivity contribution is 0.0963. The second kappa shape index (κ2) is 9.12. The number of aliphatic imine (C=N–C) groups is 1. The van der Waals surface area contributed by atoms with Crippen LogP contribution in [-0.2, 0) is 6.42 Å². The maximum atomic E-state index is 11.7. The molecule has 2 heterocycles. The minimum Gasteiger partial charge on any atom is -0.381 e. The molecule has 0 aliphatic carbocycles. The summed E-state index contributed by atoms with van der Waals surface area (Å²) >= 11 is 0. The highest BCUT2D eigenvalue weighted by Crippen LogP contribution is 2.36. The van der Waals surface area contributed by atoms with Crippen molar-refractivity contribution in [2.75, 3.05) is 18.9 Å². The minimum absolute atomic E-state index is 0.0424. The van der Waals surface area contributed by atoms with Crippen LogP contribution in [0.2, 0.25) is 0 Å². The van der Waals surface area contributed by atoms with Gasteiger partial charge in [0.2, 0.25) is 0 Å². The molecule has 0 saturated heterocycles. The molecule has 4 nitrogen and oxygen atoms in total. The Bertz CT molecular complexity index is 1000. The summed E-state index contributed by atoms with van der Waals surface area (Å²) in [4.78, 5) is 16.6. The summed E-state index contributed by atoms with van der Waals surface area (Å²) in [7, 11) is 1.66. The topological polar surface area (TPSA) is 53.5 Å². The third-order valence-corrected chi connectivity index (χ3v) is 6.11. The predicted octanol–water partition coefficient (Wildman–Crippen LogP) is 5.10. The van der Waals surface area contributed by atoms with E-state index in [1.165, 1.54) is 22.4 Å². The Morgan fingerprint density at radius 3 is 2.77 bits per heavy atom. The quantitative estimate of drug-likeness (QED) is 0.735. The van der Waals surface area contributed by atoms with E-state index in [0.717, 1.165) is 31.5 Å². The first-order valence-electron chi connectivity index (χ1n) is 10.7. The second-order valence-electron chi connectivity index (χ2n) is 8.10. The van der Waals surface area contributed by atoms with Gasteiger partial charge in [-0.3, -0.25) is 9.79 Å². The lowest BCUT2D eigenvalue weighted by Gasteiger charge is -2.22. The van der Waals surface area contributed by atoms with Crippen LogP contribution < -0.4 is 10.6 Å². The maximum absolute atomic E-state index is 11.7. The van der Waals surface area contributed by atoms with Crippen LogP contribution in [0.5, 0.6) is 0 Å². The van der Waals surface area contributed by atoms with Gasteiger partial charge in [-0.2, -0.15) is 0 Å². The van der Waals surface area contributed by atoms with Gasteiger partial charge in [-0.05, 0) is 54.9 Å². The van der Waals surface area contributed by atoms with E-state index >= 15 is 0 Å². The zero-order valence-corrected chi connectivity index (χ0v) is 17.7. The molecule has 0 bridgehead atoms. The lowest BCUT2D eigenvalue weighted by atomic mass is 9.85. The van der Waals surface area contributed by atoms with Crippen LogP contribution in [0.15, 0.2) is 71.4 Å². The number of hydrogen-bond donors (Lipinski definition) is 2. The van der Waals surface area contributed by atoms with Gasteiger partial charge < -0.3 is 10.6 Å². The van der Waals surface area contributed by atoms with E-state index in [4.69, 9.17) is 4.99 Å². The van der Waals surface area contributed by atoms with Crippen LogP contribution in [0.25, 0.3) is 5.57 Å². The fraction of sp³-hybridized carbons (Fsp3) is 0.308. The number of anilines is 1. The fourth-order valence-corrected chi connectivity index (χ4v) is 4.22. The van der Waals surface area contributed by atoms with Gasteiger partial charge in [0.25, 0.3) is 5.91 Å². The number of carbonyl (C=O) groups is 1. The Kier molecular flexibility index (Phi) is 6.12. The molecule has 2 aromatic carbocycles. The van der Waals surface area contributed by atoms with Gasteiger partial charge in [-0.1, -0.05) is 49.4 Å². The Balaban J connectivity index is 1.52. The fourth-order valence-electron chi connectivity index (χ4n) is 4.22. The SMILES string of the molecule is CNC(=O)c1ccc(CCC2C=C(C3=CCNc4ccccc43)N=CCC2C)cc1. The molecule has 2 aliphatic rings. The van der Waals surface area contributed by atoms with Crippen LogP contribution in [0.4, 0.5) is 5.69 Å². The van der Waals surface area contributed by atoms with Crippen molar-refractivity contribution in [3.8, 4) is 0 Å². The average Bonchev–Trinajstić information content (AvgIpc) is 2.98. The number of allylic oxidation sites excluding steroid dienone is 2. The zero-order chi connectivity index (χ0) is 20.9. The minimum atomic E-state index is -0.0424. The van der Waals surface area contributed by atoms with Gasteiger partial charge in [-0.15, -0.1) is 0 Å². The van der Waals surface area contributed by atoms with Crippen molar-refractivity contribution < 1.29 is 4.79 Å². The van der Waals surface area contributed by atoms with Crippen molar-refractivity contribution in [3.05, 3.63) is 83.1 Å². The largest absolute Gasteiger partial charge is 0.381 e. The molecule has 154 valence electrons. The van der Waals surface area contributed by atoms with Crippen molar-refractivity contribution in [3.63, 3.8) is 0 Å². The normalized spacial score (nSPS) is 20.3. The average molecular weight is 400 g/mol. The lowest BCUT2D eigenvalue weighted by Crippen LogP contribution is -2.17. The molecule has 2 aliphatic heterocycles. The number of amides is 1. The maximum Gasteiger partial charge on any atom is 0.251 e. The molecule has 0 aromatic heterocycles. The summed E-state index contributed by atoms with van der Waals surface area (Å²) in [5.74, 6) is 0.970. The number of aryl methyl sites for hydroxylation is 1. The van der Waals surface area contributed by atoms with Crippen molar-refractivity contribution in [1.82, 2.24) is 5.32 Å². The first kappa shape index (κ1) is 20.1. The number of benzene rings is 2. The highest BCUT2D eigenvalue weighted by molar-refractivity contribution is 5.94. The summed E-state index contributed by atoms with van der Waals surface area (Å²) in [6, 6.07) is 16.4. The number of carbonyl (C=O) groups excluding carboxylic acids is 1. The van der Waals surface area contributed by atoms with Crippen LogP contribution in [0.1, 0.15) is 41.3 Å². The molecule has 4 heteroatoms. The van der Waals surface area contributed by atoms with E-state index < -0.39 is 0 Å². The number of hydrogen-bond acceptors (Lipinski definition) is 3. The van der Waals surface area contributed by atoms with Gasteiger partial charge in [0.1, 0.15) is 0 Å². The number of fused-ring (bicyclic) bond motifs is 1. The van der Waals surface area contributed by atoms with E-state index in [0.29, 0.717) is 17.4 Å². The molecule has 30 heavy (non-hydrogen) atoms. The van der Waals surface area contributed by atoms with Gasteiger partial charge in [0.05, 0.1) is 5.70 Å². The molecule has 0 saturated carbocycles. The third-order valence-electron chi connectivity index (χ3n) is 6.11. The molecule has 2 unspecified atom stereocenters. The Labute approximate surface area is 178 Å². The molecule has 0 spiro atoms. The molecular weight excluding hydrogens is 370 g/mol. The van der Waals surface area contributed by atoms with E-state index in [9.17, 15) is 4.79 Å². The van der Waals surface area contributed by atoms with Crippen molar-refractivity contribution in [2.45, 2.75) is 26.2 Å². The Morgan fingerprint density at radius 1 is 1.17 bits per heavy atom. The molecule has 4 rings (SSSR count). The molecular formula is C26H29N3O. The van der Waals surface area contributed by atoms with E-state index in [1.807, 2.05) is 12.1 Å². The number of para-hydroxylation sites is 1. The van der Waals surface area contributed by atoms with Gasteiger partial charge in [0.15, 0.2) is 0 Å². The first-order chi connectivity index (χ1) is 14.7. The Hall–Kier alpha value is -3.14. The molecule has 0 fully saturated rings. The van der Waals surface area contributed by atoms with E-state index in [-0.39, 0.29) is 5.91 Å². The summed E-state index contributed by atoms with van der Waals surface area (Å²) in [6.07, 6.45) is 9.76. The number of nitrogens with one attached hydrogen (secondary N) is 2. The summed E-state index contributed by atoms with van der Waals surface area (Å²) in [5, 5.41) is 6.12. The van der Waals surface area contributed by atoms with Gasteiger partial charge in [-0.25, -0.2) is 0 Å². The van der Waals surface area contributed by atoms with Gasteiger partial charge >= 0.3 is 0 Å². The monoisotopic (exact) mass is 399 g/mol. The van der Waals surface area contributed by atoms with Crippen molar-refractivity contribution in [1.29, 1.82) is 0 Å². The predicted molar refractivity (Wildman–Crippen MR) is 125 cm³/mol. The molecule has 2 N–H and O–H groups in total. The van der Waals surface area contributed by atoms with Crippen molar-refractivity contribution >= 4 is 23.4 Å². The number of rotatable bonds is 5. The molecule has 0 radical (unpaired) electrons. The second-order valence-corrected chi connectivity index (χ2v) is 8.10. The highest BCUT2D eigenvalue weighted by atomic mass is 16.1. The molecule has 2 atom stereocenters. The van der Waals surface area contributed by atoms with Crippen molar-refractivity contribution in [2.24, 2.45) is 16.8 Å². The van der Waals surface area contributed by atoms with Crippen LogP contribution in [0, 0.1) is 11.8 Å². The first-order valence-corrected chi connectivity index (χ1v) is 10.7. The summed E-state index contributed by atoms with van der Waals surface area (Å²) < 4.78 is 0. The zero-order valence-electron chi connectivity index (χ0n) is 17.7. The molecule has 1 amide bonds. The highest BCUT2D eigenvalue weighted by Gasteiger charge is 2.21. The molecule has 2 aromatic rings. The van der Waals surface area contributed by atoms with E-state index in [2.05, 4.69) is 72.3 Å². The Morgan fingerprint density at radius 2 is 1.97 bits per heavy atom. The third kappa shape index (κ3) is 4.38. The van der Waals surface area contributed by atoms with Crippen LogP contribution in [0.3, 0.4) is 0 Å². The van der Waals surface area contributed by atoms with Gasteiger partial charge in [0, 0.05) is 42.2 Å². The van der Waals surface area contributed by atoms with E-state index in [1.54, 1.807) is 7.05 Å².